The van der Waals surface area contributed by atoms with Crippen LogP contribution >= 0.6 is 0 Å². The number of aliphatic hydroxyl groups is 1. The Balaban J connectivity index is 1.61. The van der Waals surface area contributed by atoms with Crippen LogP contribution in [0.15, 0.2) is 0 Å². The highest BCUT2D eigenvalue weighted by Crippen LogP contribution is 2.61. The van der Waals surface area contributed by atoms with Crippen LogP contribution in [0.1, 0.15) is 69.1 Å². The number of aliphatic hydroxyl groups excluding tert-OH is 1. The quantitative estimate of drug-likeness (QED) is 0.921. The van der Waals surface area contributed by atoms with E-state index >= 15 is 0 Å². The Hall–Kier alpha value is -0.900. The number of hydrogen-bond acceptors (Lipinski definition) is 3. The van der Waals surface area contributed by atoms with E-state index in [4.69, 9.17) is 0 Å². The molecular weight excluding hydrogens is 250 g/mol. The van der Waals surface area contributed by atoms with Gasteiger partial charge in [-0.3, -0.25) is 0 Å². The largest absolute Gasteiger partial charge is 0.388 e. The highest BCUT2D eigenvalue weighted by atomic mass is 16.3. The van der Waals surface area contributed by atoms with Crippen LogP contribution in [-0.2, 0) is 12.0 Å². The maximum atomic E-state index is 9.57. The summed E-state index contributed by atoms with van der Waals surface area (Å²) in [6.07, 6.45) is 10.9. The first-order valence-electron chi connectivity index (χ1n) is 8.32. The molecule has 4 bridgehead atoms. The molecule has 0 atom stereocenters. The number of aromatic nitrogens is 3. The van der Waals surface area contributed by atoms with E-state index in [2.05, 4.69) is 14.8 Å². The Morgan fingerprint density at radius 2 is 1.60 bits per heavy atom. The summed E-state index contributed by atoms with van der Waals surface area (Å²) in [5.74, 6) is 4.84. The summed E-state index contributed by atoms with van der Waals surface area (Å²) in [5.41, 5.74) is 0.303. The zero-order valence-corrected chi connectivity index (χ0v) is 12.0. The van der Waals surface area contributed by atoms with Crippen molar-refractivity contribution in [3.63, 3.8) is 0 Å². The van der Waals surface area contributed by atoms with Gasteiger partial charge in [0.1, 0.15) is 12.4 Å². The average Bonchev–Trinajstić information content (AvgIpc) is 3.15. The Labute approximate surface area is 119 Å². The molecule has 0 radical (unpaired) electrons. The Morgan fingerprint density at radius 3 is 2.10 bits per heavy atom. The van der Waals surface area contributed by atoms with Crippen molar-refractivity contribution in [3.05, 3.63) is 11.6 Å². The van der Waals surface area contributed by atoms with Crippen molar-refractivity contribution >= 4 is 0 Å². The molecule has 1 heterocycles. The third kappa shape index (κ3) is 1.51. The van der Waals surface area contributed by atoms with Crippen LogP contribution in [0.5, 0.6) is 0 Å². The molecule has 5 saturated carbocycles. The van der Waals surface area contributed by atoms with E-state index in [1.165, 1.54) is 57.2 Å². The van der Waals surface area contributed by atoms with Crippen molar-refractivity contribution in [2.24, 2.45) is 17.8 Å². The molecule has 0 amide bonds. The van der Waals surface area contributed by atoms with Gasteiger partial charge < -0.3 is 9.67 Å². The number of hydrogen-bond donors (Lipinski definition) is 1. The molecule has 5 aliphatic carbocycles. The predicted octanol–water partition coefficient (Wildman–Crippen LogP) is 2.57. The normalized spacial score (nSPS) is 42.4. The fraction of sp³-hybridized carbons (Fsp3) is 0.875. The van der Waals surface area contributed by atoms with E-state index in [9.17, 15) is 5.11 Å². The Morgan fingerprint density at radius 1 is 1.00 bits per heavy atom. The molecule has 1 N–H and O–H groups in total. The lowest BCUT2D eigenvalue weighted by molar-refractivity contribution is -0.0113. The van der Waals surface area contributed by atoms with E-state index in [1.54, 1.807) is 0 Å². The van der Waals surface area contributed by atoms with Crippen molar-refractivity contribution in [2.75, 3.05) is 0 Å². The molecule has 6 rings (SSSR count). The van der Waals surface area contributed by atoms with Crippen molar-refractivity contribution in [3.8, 4) is 0 Å². The standard InChI is InChI=1S/C16H23N3O/c20-9-14-17-18-15(19(14)13-1-2-13)16-6-10-3-11(7-16)5-12(4-10)8-16/h10-13,20H,1-9H2. The van der Waals surface area contributed by atoms with Gasteiger partial charge in [-0.15, -0.1) is 10.2 Å². The van der Waals surface area contributed by atoms with Gasteiger partial charge in [-0.2, -0.15) is 0 Å². The third-order valence-electron chi connectivity index (χ3n) is 6.33. The van der Waals surface area contributed by atoms with Gasteiger partial charge in [-0.05, 0) is 69.1 Å². The summed E-state index contributed by atoms with van der Waals surface area (Å²) in [6, 6.07) is 0.579. The first-order valence-corrected chi connectivity index (χ1v) is 8.32. The van der Waals surface area contributed by atoms with Crippen molar-refractivity contribution < 1.29 is 5.11 Å². The van der Waals surface area contributed by atoms with Crippen LogP contribution in [0.4, 0.5) is 0 Å². The van der Waals surface area contributed by atoms with E-state index in [1.807, 2.05) is 0 Å². The van der Waals surface area contributed by atoms with Crippen LogP contribution in [0.25, 0.3) is 0 Å². The Bertz CT molecular complexity index is 511. The molecule has 1 aromatic rings. The third-order valence-corrected chi connectivity index (χ3v) is 6.33. The molecule has 0 aromatic carbocycles. The van der Waals surface area contributed by atoms with E-state index < -0.39 is 0 Å². The van der Waals surface area contributed by atoms with Gasteiger partial charge in [0, 0.05) is 11.5 Å². The van der Waals surface area contributed by atoms with Crippen LogP contribution in [0, 0.1) is 17.8 Å². The molecule has 5 aliphatic rings. The SMILES string of the molecule is OCc1nnc(C23CC4CC(CC(C4)C2)C3)n1C1CC1. The predicted molar refractivity (Wildman–Crippen MR) is 74.1 cm³/mol. The van der Waals surface area contributed by atoms with E-state index in [0.29, 0.717) is 11.5 Å². The van der Waals surface area contributed by atoms with Gasteiger partial charge in [-0.25, -0.2) is 0 Å². The maximum Gasteiger partial charge on any atom is 0.159 e. The second-order valence-corrected chi connectivity index (χ2v) is 7.90. The molecule has 5 fully saturated rings. The molecule has 0 aliphatic heterocycles. The lowest BCUT2D eigenvalue weighted by atomic mass is 9.49. The lowest BCUT2D eigenvalue weighted by Crippen LogP contribution is -2.49. The van der Waals surface area contributed by atoms with Crippen LogP contribution in [0.2, 0.25) is 0 Å². The van der Waals surface area contributed by atoms with Gasteiger partial charge in [-0.1, -0.05) is 0 Å². The minimum Gasteiger partial charge on any atom is -0.388 e. The first kappa shape index (κ1) is 11.7. The number of rotatable bonds is 3. The number of nitrogens with zero attached hydrogens (tertiary/aromatic N) is 3. The second kappa shape index (κ2) is 3.85. The molecule has 1 aromatic heterocycles. The molecule has 0 saturated heterocycles. The average molecular weight is 273 g/mol. The van der Waals surface area contributed by atoms with Gasteiger partial charge in [0.15, 0.2) is 5.82 Å². The molecule has 0 spiro atoms. The topological polar surface area (TPSA) is 50.9 Å². The zero-order chi connectivity index (χ0) is 13.3. The van der Waals surface area contributed by atoms with Crippen LogP contribution in [0.3, 0.4) is 0 Å². The Kier molecular flexibility index (Phi) is 2.25. The van der Waals surface area contributed by atoms with Crippen molar-refractivity contribution in [2.45, 2.75) is 69.4 Å². The van der Waals surface area contributed by atoms with E-state index in [-0.39, 0.29) is 6.61 Å². The molecule has 20 heavy (non-hydrogen) atoms. The second-order valence-electron chi connectivity index (χ2n) is 7.90. The molecule has 4 heteroatoms. The van der Waals surface area contributed by atoms with Crippen LogP contribution < -0.4 is 0 Å². The minimum absolute atomic E-state index is 0.0376. The zero-order valence-electron chi connectivity index (χ0n) is 12.0. The van der Waals surface area contributed by atoms with Crippen molar-refractivity contribution in [1.29, 1.82) is 0 Å². The van der Waals surface area contributed by atoms with Crippen molar-refractivity contribution in [1.82, 2.24) is 14.8 Å². The van der Waals surface area contributed by atoms with Gasteiger partial charge in [0.2, 0.25) is 0 Å². The highest BCUT2D eigenvalue weighted by molar-refractivity contribution is 5.20. The van der Waals surface area contributed by atoms with Gasteiger partial charge in [0.25, 0.3) is 0 Å². The molecule has 4 nitrogen and oxygen atoms in total. The summed E-state index contributed by atoms with van der Waals surface area (Å²) in [7, 11) is 0. The summed E-state index contributed by atoms with van der Waals surface area (Å²) in [4.78, 5) is 0. The maximum absolute atomic E-state index is 9.57. The minimum atomic E-state index is 0.0376. The molecule has 108 valence electrons. The lowest BCUT2D eigenvalue weighted by Gasteiger charge is -2.56. The fourth-order valence-corrected chi connectivity index (χ4v) is 5.89. The summed E-state index contributed by atoms with van der Waals surface area (Å²) in [6.45, 7) is 0.0376. The smallest absolute Gasteiger partial charge is 0.159 e. The van der Waals surface area contributed by atoms with E-state index in [0.717, 1.165) is 23.6 Å². The summed E-state index contributed by atoms with van der Waals surface area (Å²) >= 11 is 0. The monoisotopic (exact) mass is 273 g/mol. The highest BCUT2D eigenvalue weighted by Gasteiger charge is 2.54. The molecule has 0 unspecified atom stereocenters. The van der Waals surface area contributed by atoms with Crippen LogP contribution in [-0.4, -0.2) is 19.9 Å². The van der Waals surface area contributed by atoms with Gasteiger partial charge >= 0.3 is 0 Å². The first-order chi connectivity index (χ1) is 9.77. The fourth-order valence-electron chi connectivity index (χ4n) is 5.89. The summed E-state index contributed by atoms with van der Waals surface area (Å²) in [5, 5.41) is 18.5. The summed E-state index contributed by atoms with van der Waals surface area (Å²) < 4.78 is 2.33. The van der Waals surface area contributed by atoms with Gasteiger partial charge in [0.05, 0.1) is 0 Å². The molecular formula is C16H23N3O.